The highest BCUT2D eigenvalue weighted by Crippen LogP contribution is 2.35. The van der Waals surface area contributed by atoms with Crippen molar-refractivity contribution < 1.29 is 4.74 Å². The second-order valence-electron chi connectivity index (χ2n) is 5.90. The van der Waals surface area contributed by atoms with Crippen LogP contribution >= 0.6 is 40.3 Å². The van der Waals surface area contributed by atoms with Crippen LogP contribution in [0.1, 0.15) is 13.8 Å². The van der Waals surface area contributed by atoms with Crippen molar-refractivity contribution in [3.8, 4) is 5.88 Å². The Morgan fingerprint density at radius 3 is 2.32 bits per heavy atom. The second-order valence-corrected chi connectivity index (χ2v) is 7.16. The molecular weight excluding hydrogens is 462 g/mol. The van der Waals surface area contributed by atoms with Crippen molar-refractivity contribution in [2.24, 2.45) is 0 Å². The highest BCUT2D eigenvalue weighted by atomic mass is 79.9. The summed E-state index contributed by atoms with van der Waals surface area (Å²) in [6, 6.07) is 7.58. The predicted octanol–water partition coefficient (Wildman–Crippen LogP) is 4.96. The molecule has 0 atom stereocenters. The van der Waals surface area contributed by atoms with E-state index in [1.54, 1.807) is 18.9 Å². The SMILES string of the molecule is Br.CCN(CC)CCNc1nc(N(C)c2ccc(Cl)cc2)nc(OC)c1SC. The van der Waals surface area contributed by atoms with Crippen molar-refractivity contribution in [3.63, 3.8) is 0 Å². The maximum absolute atomic E-state index is 5.99. The van der Waals surface area contributed by atoms with Crippen LogP contribution in [0.2, 0.25) is 5.02 Å². The third-order valence-corrected chi connectivity index (χ3v) is 5.38. The van der Waals surface area contributed by atoms with Crippen LogP contribution in [0.4, 0.5) is 17.5 Å². The van der Waals surface area contributed by atoms with Crippen LogP contribution < -0.4 is 15.0 Å². The number of nitrogens with zero attached hydrogens (tertiary/aromatic N) is 4. The van der Waals surface area contributed by atoms with Crippen LogP contribution in [0.25, 0.3) is 0 Å². The molecule has 1 heterocycles. The molecule has 0 radical (unpaired) electrons. The van der Waals surface area contributed by atoms with Crippen LogP contribution in [0.15, 0.2) is 29.2 Å². The summed E-state index contributed by atoms with van der Waals surface area (Å²) in [5.41, 5.74) is 0.951. The van der Waals surface area contributed by atoms with Crippen molar-refractivity contribution in [1.82, 2.24) is 14.9 Å². The number of hydrogen-bond donors (Lipinski definition) is 1. The van der Waals surface area contributed by atoms with Crippen molar-refractivity contribution >= 4 is 57.8 Å². The van der Waals surface area contributed by atoms with Crippen molar-refractivity contribution in [2.45, 2.75) is 18.7 Å². The zero-order valence-corrected chi connectivity index (χ0v) is 20.3. The summed E-state index contributed by atoms with van der Waals surface area (Å²) in [6.07, 6.45) is 2.00. The van der Waals surface area contributed by atoms with E-state index in [1.807, 2.05) is 42.5 Å². The number of benzene rings is 1. The summed E-state index contributed by atoms with van der Waals surface area (Å²) in [5.74, 6) is 1.92. The highest BCUT2D eigenvalue weighted by molar-refractivity contribution is 8.93. The van der Waals surface area contributed by atoms with Crippen molar-refractivity contribution in [1.29, 1.82) is 0 Å². The van der Waals surface area contributed by atoms with E-state index in [9.17, 15) is 0 Å². The molecule has 1 aromatic carbocycles. The van der Waals surface area contributed by atoms with Gasteiger partial charge in [0.1, 0.15) is 10.7 Å². The Kier molecular flexibility index (Phi) is 11.0. The topological polar surface area (TPSA) is 53.5 Å². The van der Waals surface area contributed by atoms with Crippen LogP contribution in [-0.2, 0) is 0 Å². The summed E-state index contributed by atoms with van der Waals surface area (Å²) < 4.78 is 5.52. The van der Waals surface area contributed by atoms with Gasteiger partial charge in [-0.1, -0.05) is 25.4 Å². The third kappa shape index (κ3) is 6.40. The van der Waals surface area contributed by atoms with Gasteiger partial charge in [-0.25, -0.2) is 0 Å². The molecule has 0 saturated heterocycles. The highest BCUT2D eigenvalue weighted by Gasteiger charge is 2.17. The molecular formula is C19H29BrClN5OS. The first-order chi connectivity index (χ1) is 13.0. The molecule has 0 spiro atoms. The largest absolute Gasteiger partial charge is 0.480 e. The quantitative estimate of drug-likeness (QED) is 0.472. The summed E-state index contributed by atoms with van der Waals surface area (Å²) in [6.45, 7) is 8.17. The first-order valence-corrected chi connectivity index (χ1v) is 10.6. The van der Waals surface area contributed by atoms with E-state index >= 15 is 0 Å². The molecule has 0 aliphatic rings. The number of rotatable bonds is 10. The van der Waals surface area contributed by atoms with E-state index in [0.717, 1.165) is 42.6 Å². The lowest BCUT2D eigenvalue weighted by atomic mass is 10.3. The van der Waals surface area contributed by atoms with Gasteiger partial charge in [0.2, 0.25) is 11.8 Å². The van der Waals surface area contributed by atoms with Gasteiger partial charge in [0, 0.05) is 30.8 Å². The molecule has 0 saturated carbocycles. The lowest BCUT2D eigenvalue weighted by Gasteiger charge is -2.22. The molecule has 28 heavy (non-hydrogen) atoms. The molecule has 0 fully saturated rings. The molecule has 9 heteroatoms. The average Bonchev–Trinajstić information content (AvgIpc) is 2.70. The first kappa shape index (κ1) is 24.8. The van der Waals surface area contributed by atoms with E-state index in [-0.39, 0.29) is 17.0 Å². The van der Waals surface area contributed by atoms with E-state index in [4.69, 9.17) is 21.3 Å². The molecule has 0 aliphatic carbocycles. The number of likely N-dealkylation sites (N-methyl/N-ethyl adjacent to an activating group) is 1. The Labute approximate surface area is 187 Å². The van der Waals surface area contributed by atoms with Gasteiger partial charge in [-0.15, -0.1) is 28.7 Å². The fraction of sp³-hybridized carbons (Fsp3) is 0.474. The van der Waals surface area contributed by atoms with Gasteiger partial charge < -0.3 is 19.9 Å². The number of halogens is 2. The summed E-state index contributed by atoms with van der Waals surface area (Å²) in [7, 11) is 3.56. The fourth-order valence-corrected chi connectivity index (χ4v) is 3.40. The molecule has 0 unspecified atom stereocenters. The number of anilines is 3. The number of aromatic nitrogens is 2. The van der Waals surface area contributed by atoms with E-state index < -0.39 is 0 Å². The molecule has 156 valence electrons. The molecule has 2 rings (SSSR count). The van der Waals surface area contributed by atoms with Gasteiger partial charge in [0.05, 0.1) is 7.11 Å². The fourth-order valence-electron chi connectivity index (χ4n) is 2.66. The maximum Gasteiger partial charge on any atom is 0.234 e. The van der Waals surface area contributed by atoms with E-state index in [2.05, 4.69) is 29.0 Å². The summed E-state index contributed by atoms with van der Waals surface area (Å²) in [5, 5.41) is 4.15. The Morgan fingerprint density at radius 2 is 1.79 bits per heavy atom. The monoisotopic (exact) mass is 489 g/mol. The Hall–Kier alpha value is -1.22. The molecule has 0 bridgehead atoms. The molecule has 1 aromatic heterocycles. The normalized spacial score (nSPS) is 10.5. The average molecular weight is 491 g/mol. The predicted molar refractivity (Wildman–Crippen MR) is 126 cm³/mol. The number of thioether (sulfide) groups is 1. The number of nitrogens with one attached hydrogen (secondary N) is 1. The van der Waals surface area contributed by atoms with Crippen LogP contribution in [-0.4, -0.2) is 61.5 Å². The molecule has 6 nitrogen and oxygen atoms in total. The van der Waals surface area contributed by atoms with Gasteiger partial charge in [-0.05, 0) is 43.6 Å². The second kappa shape index (κ2) is 12.4. The van der Waals surface area contributed by atoms with Gasteiger partial charge in [0.25, 0.3) is 0 Å². The lowest BCUT2D eigenvalue weighted by Crippen LogP contribution is -2.29. The van der Waals surface area contributed by atoms with Gasteiger partial charge in [-0.2, -0.15) is 9.97 Å². The van der Waals surface area contributed by atoms with Gasteiger partial charge in [0.15, 0.2) is 0 Å². The third-order valence-electron chi connectivity index (χ3n) is 4.35. The number of hydrogen-bond acceptors (Lipinski definition) is 7. The minimum atomic E-state index is 0. The number of ether oxygens (including phenoxy) is 1. The van der Waals surface area contributed by atoms with E-state index in [0.29, 0.717) is 16.9 Å². The zero-order chi connectivity index (χ0) is 19.8. The molecule has 0 aliphatic heterocycles. The van der Waals surface area contributed by atoms with Crippen LogP contribution in [0, 0.1) is 0 Å². The van der Waals surface area contributed by atoms with E-state index in [1.165, 1.54) is 0 Å². The molecule has 0 amide bonds. The lowest BCUT2D eigenvalue weighted by molar-refractivity contribution is 0.315. The summed E-state index contributed by atoms with van der Waals surface area (Å²) in [4.78, 5) is 14.5. The molecule has 1 N–H and O–H groups in total. The first-order valence-electron chi connectivity index (χ1n) is 8.99. The number of methoxy groups -OCH3 is 1. The zero-order valence-electron chi connectivity index (χ0n) is 17.0. The van der Waals surface area contributed by atoms with Gasteiger partial charge in [-0.3, -0.25) is 0 Å². The Bertz CT molecular complexity index is 731. The summed E-state index contributed by atoms with van der Waals surface area (Å²) >= 11 is 7.57. The minimum Gasteiger partial charge on any atom is -0.480 e. The van der Waals surface area contributed by atoms with Crippen molar-refractivity contribution in [2.75, 3.05) is 56.8 Å². The van der Waals surface area contributed by atoms with Crippen LogP contribution in [0.5, 0.6) is 5.88 Å². The van der Waals surface area contributed by atoms with Crippen LogP contribution in [0.3, 0.4) is 0 Å². The Morgan fingerprint density at radius 1 is 1.14 bits per heavy atom. The smallest absolute Gasteiger partial charge is 0.234 e. The Balaban J connectivity index is 0.00000392. The minimum absolute atomic E-state index is 0. The maximum atomic E-state index is 5.99. The standard InChI is InChI=1S/C19H28ClN5OS.BrH/c1-6-25(7-2)13-12-21-17-16(27-5)18(26-4)23-19(22-17)24(3)15-10-8-14(20)9-11-15;/h8-11H,6-7,12-13H2,1-5H3,(H,21,22,23);1H. The van der Waals surface area contributed by atoms with Crippen molar-refractivity contribution in [3.05, 3.63) is 29.3 Å². The molecule has 2 aromatic rings. The van der Waals surface area contributed by atoms with Gasteiger partial charge >= 0.3 is 0 Å².